The van der Waals surface area contributed by atoms with Gasteiger partial charge in [-0.25, -0.2) is 14.8 Å². The van der Waals surface area contributed by atoms with Gasteiger partial charge in [0.25, 0.3) is 0 Å². The maximum atomic E-state index is 12.6. The minimum atomic E-state index is -0.535. The van der Waals surface area contributed by atoms with Crippen molar-refractivity contribution in [1.82, 2.24) is 9.97 Å². The highest BCUT2D eigenvalue weighted by atomic mass is 16.5. The number of rotatable bonds is 6. The normalized spacial score (nSPS) is 11.0. The van der Waals surface area contributed by atoms with E-state index in [1.54, 1.807) is 48.8 Å². The van der Waals surface area contributed by atoms with Crippen LogP contribution in [0.25, 0.3) is 5.57 Å². The Labute approximate surface area is 157 Å². The highest BCUT2D eigenvalue weighted by Gasteiger charge is 2.15. The fourth-order valence-electron chi connectivity index (χ4n) is 2.27. The van der Waals surface area contributed by atoms with Crippen LogP contribution in [0.3, 0.4) is 0 Å². The molecular formula is C21H18N2O4. The van der Waals surface area contributed by atoms with E-state index in [9.17, 15) is 4.79 Å². The maximum absolute atomic E-state index is 12.6. The number of aryl methyl sites for hydroxylation is 1. The Morgan fingerprint density at radius 2 is 1.67 bits per heavy atom. The van der Waals surface area contributed by atoms with E-state index in [-0.39, 0.29) is 6.01 Å². The van der Waals surface area contributed by atoms with E-state index in [0.717, 1.165) is 5.56 Å². The molecule has 1 aromatic heterocycles. The van der Waals surface area contributed by atoms with Crippen LogP contribution in [0.5, 0.6) is 17.5 Å². The number of ether oxygens (including phenoxy) is 3. The Kier molecular flexibility index (Phi) is 5.79. The number of hydrogen-bond acceptors (Lipinski definition) is 6. The number of benzene rings is 2. The zero-order chi connectivity index (χ0) is 19.1. The van der Waals surface area contributed by atoms with Crippen molar-refractivity contribution < 1.29 is 19.0 Å². The topological polar surface area (TPSA) is 70.5 Å². The third-order valence-electron chi connectivity index (χ3n) is 3.52. The lowest BCUT2D eigenvalue weighted by atomic mass is 10.1. The fraction of sp³-hybridized carbons (Fsp3) is 0.0952. The molecule has 6 heteroatoms. The van der Waals surface area contributed by atoms with Crippen molar-refractivity contribution in [2.24, 2.45) is 0 Å². The van der Waals surface area contributed by atoms with Gasteiger partial charge in [-0.05, 0) is 30.2 Å². The Hall–Kier alpha value is -3.67. The van der Waals surface area contributed by atoms with Crippen LogP contribution in [0, 0.1) is 6.92 Å². The fourth-order valence-corrected chi connectivity index (χ4v) is 2.27. The summed E-state index contributed by atoms with van der Waals surface area (Å²) in [5.74, 6) is 0.260. The first kappa shape index (κ1) is 18.1. The van der Waals surface area contributed by atoms with Crippen LogP contribution in [0.4, 0.5) is 0 Å². The minimum absolute atomic E-state index is 0.216. The molecule has 0 fully saturated rings. The van der Waals surface area contributed by atoms with Gasteiger partial charge in [0, 0.05) is 18.5 Å². The molecule has 0 spiro atoms. The predicted molar refractivity (Wildman–Crippen MR) is 100 cm³/mol. The van der Waals surface area contributed by atoms with E-state index in [4.69, 9.17) is 14.2 Å². The Morgan fingerprint density at radius 1 is 0.963 bits per heavy atom. The molecule has 2 aromatic carbocycles. The molecule has 136 valence electrons. The lowest BCUT2D eigenvalue weighted by Crippen LogP contribution is -2.11. The summed E-state index contributed by atoms with van der Waals surface area (Å²) >= 11 is 0. The maximum Gasteiger partial charge on any atom is 0.347 e. The first-order valence-corrected chi connectivity index (χ1v) is 8.23. The molecule has 0 aliphatic carbocycles. The number of nitrogens with zero attached hydrogens (tertiary/aromatic N) is 2. The molecule has 0 aliphatic rings. The predicted octanol–water partition coefficient (Wildman–Crippen LogP) is 4.17. The van der Waals surface area contributed by atoms with E-state index in [1.165, 1.54) is 13.4 Å². The lowest BCUT2D eigenvalue weighted by Gasteiger charge is -2.09. The average molecular weight is 362 g/mol. The van der Waals surface area contributed by atoms with Crippen molar-refractivity contribution in [2.45, 2.75) is 6.92 Å². The molecule has 6 nitrogen and oxygen atoms in total. The van der Waals surface area contributed by atoms with Crippen molar-refractivity contribution in [3.05, 3.63) is 84.4 Å². The zero-order valence-corrected chi connectivity index (χ0v) is 15.0. The van der Waals surface area contributed by atoms with Crippen LogP contribution >= 0.6 is 0 Å². The summed E-state index contributed by atoms with van der Waals surface area (Å²) in [7, 11) is 1.48. The summed E-state index contributed by atoms with van der Waals surface area (Å²) in [6.45, 7) is 1.89. The Balaban J connectivity index is 1.75. The summed E-state index contributed by atoms with van der Waals surface area (Å²) in [5.41, 5.74) is 1.94. The van der Waals surface area contributed by atoms with Crippen LogP contribution in [0.1, 0.15) is 11.1 Å². The van der Waals surface area contributed by atoms with Gasteiger partial charge in [-0.2, -0.15) is 0 Å². The minimum Gasteiger partial charge on any atom is -0.503 e. The van der Waals surface area contributed by atoms with Crippen molar-refractivity contribution in [3.63, 3.8) is 0 Å². The van der Waals surface area contributed by atoms with Gasteiger partial charge in [0.15, 0.2) is 0 Å². The SMILES string of the molecule is COC=C(C(=O)Oc1cccc(Oc2ncc(C)cn2)c1)c1ccccc1. The second-order valence-corrected chi connectivity index (χ2v) is 5.64. The summed E-state index contributed by atoms with van der Waals surface area (Å²) in [6, 6.07) is 16.1. The molecule has 0 N–H and O–H groups in total. The quantitative estimate of drug-likeness (QED) is 0.284. The summed E-state index contributed by atoms with van der Waals surface area (Å²) < 4.78 is 16.1. The summed E-state index contributed by atoms with van der Waals surface area (Å²) in [6.07, 6.45) is 4.68. The van der Waals surface area contributed by atoms with Crippen LogP contribution in [-0.2, 0) is 9.53 Å². The van der Waals surface area contributed by atoms with Crippen LogP contribution in [0.2, 0.25) is 0 Å². The molecule has 1 heterocycles. The van der Waals surface area contributed by atoms with Crippen molar-refractivity contribution in [3.8, 4) is 17.5 Å². The standard InChI is InChI=1S/C21H18N2O4/c1-15-12-22-21(23-13-15)27-18-10-6-9-17(11-18)26-20(24)19(14-25-2)16-7-4-3-5-8-16/h3-14H,1-2H3. The lowest BCUT2D eigenvalue weighted by molar-refractivity contribution is -0.128. The number of aromatic nitrogens is 2. The third-order valence-corrected chi connectivity index (χ3v) is 3.52. The molecule has 0 saturated heterocycles. The van der Waals surface area contributed by atoms with Crippen molar-refractivity contribution in [2.75, 3.05) is 7.11 Å². The first-order chi connectivity index (χ1) is 13.2. The van der Waals surface area contributed by atoms with E-state index in [2.05, 4.69) is 9.97 Å². The highest BCUT2D eigenvalue weighted by Crippen LogP contribution is 2.25. The smallest absolute Gasteiger partial charge is 0.347 e. The molecule has 0 unspecified atom stereocenters. The molecule has 0 bridgehead atoms. The molecular weight excluding hydrogens is 344 g/mol. The number of esters is 1. The van der Waals surface area contributed by atoms with E-state index >= 15 is 0 Å². The van der Waals surface area contributed by atoms with Gasteiger partial charge in [0.1, 0.15) is 17.1 Å². The molecule has 0 aliphatic heterocycles. The van der Waals surface area contributed by atoms with Gasteiger partial charge in [0.2, 0.25) is 0 Å². The average Bonchev–Trinajstić information content (AvgIpc) is 2.69. The zero-order valence-electron chi connectivity index (χ0n) is 15.0. The van der Waals surface area contributed by atoms with E-state index < -0.39 is 5.97 Å². The van der Waals surface area contributed by atoms with Gasteiger partial charge in [0.05, 0.1) is 13.4 Å². The molecule has 0 saturated carbocycles. The highest BCUT2D eigenvalue weighted by molar-refractivity contribution is 6.16. The molecule has 27 heavy (non-hydrogen) atoms. The van der Waals surface area contributed by atoms with Crippen molar-refractivity contribution >= 4 is 11.5 Å². The van der Waals surface area contributed by atoms with Crippen LogP contribution in [0.15, 0.2) is 73.3 Å². The number of methoxy groups -OCH3 is 1. The van der Waals surface area contributed by atoms with Gasteiger partial charge >= 0.3 is 12.0 Å². The molecule has 3 aromatic rings. The van der Waals surface area contributed by atoms with Crippen LogP contribution < -0.4 is 9.47 Å². The number of carbonyl (C=O) groups is 1. The first-order valence-electron chi connectivity index (χ1n) is 8.23. The summed E-state index contributed by atoms with van der Waals surface area (Å²) in [4.78, 5) is 20.8. The largest absolute Gasteiger partial charge is 0.503 e. The third kappa shape index (κ3) is 4.92. The van der Waals surface area contributed by atoms with E-state index in [1.807, 2.05) is 25.1 Å². The van der Waals surface area contributed by atoms with Gasteiger partial charge < -0.3 is 14.2 Å². The second kappa shape index (κ2) is 8.62. The Bertz CT molecular complexity index is 938. The van der Waals surface area contributed by atoms with Gasteiger partial charge in [-0.3, -0.25) is 0 Å². The monoisotopic (exact) mass is 362 g/mol. The molecule has 0 radical (unpaired) electrons. The molecule has 0 atom stereocenters. The van der Waals surface area contributed by atoms with Gasteiger partial charge in [-0.15, -0.1) is 0 Å². The summed E-state index contributed by atoms with van der Waals surface area (Å²) in [5, 5.41) is 0. The number of hydrogen-bond donors (Lipinski definition) is 0. The Morgan fingerprint density at radius 3 is 2.37 bits per heavy atom. The molecule has 0 amide bonds. The van der Waals surface area contributed by atoms with E-state index in [0.29, 0.717) is 22.6 Å². The molecule has 3 rings (SSSR count). The second-order valence-electron chi connectivity index (χ2n) is 5.64. The van der Waals surface area contributed by atoms with Gasteiger partial charge in [-0.1, -0.05) is 36.4 Å². The number of carbonyl (C=O) groups excluding carboxylic acids is 1. The van der Waals surface area contributed by atoms with Crippen LogP contribution in [-0.4, -0.2) is 23.0 Å². The van der Waals surface area contributed by atoms with Crippen molar-refractivity contribution in [1.29, 1.82) is 0 Å².